The number of aryl methyl sites for hydroxylation is 1. The Labute approximate surface area is 271 Å². The summed E-state index contributed by atoms with van der Waals surface area (Å²) in [6, 6.07) is 15.0. The van der Waals surface area contributed by atoms with Gasteiger partial charge in [-0.3, -0.25) is 23.9 Å². The molecule has 4 aromatic rings. The zero-order valence-corrected chi connectivity index (χ0v) is 27.1. The van der Waals surface area contributed by atoms with E-state index in [4.69, 9.17) is 21.3 Å². The minimum atomic E-state index is -0.679. The largest absolute Gasteiger partial charge is 0.481 e. The molecule has 0 saturated carbocycles. The number of rotatable bonds is 11. The minimum Gasteiger partial charge on any atom is -0.481 e. The molecule has 240 valence electrons. The second-order valence-electron chi connectivity index (χ2n) is 11.4. The van der Waals surface area contributed by atoms with Gasteiger partial charge in [0.05, 0.1) is 23.4 Å². The molecule has 3 N–H and O–H groups in total. The molecule has 0 radical (unpaired) electrons. The van der Waals surface area contributed by atoms with Crippen molar-refractivity contribution in [2.75, 3.05) is 39.1 Å². The Bertz CT molecular complexity index is 1930. The van der Waals surface area contributed by atoms with Crippen LogP contribution in [-0.2, 0) is 25.4 Å². The lowest BCUT2D eigenvalue weighted by Gasteiger charge is -2.50. The van der Waals surface area contributed by atoms with Crippen molar-refractivity contribution in [1.82, 2.24) is 29.7 Å². The number of methoxy groups -OCH3 is 1. The van der Waals surface area contributed by atoms with Crippen LogP contribution in [0.25, 0.3) is 22.4 Å². The van der Waals surface area contributed by atoms with Crippen molar-refractivity contribution in [3.8, 4) is 28.3 Å². The Kier molecular flexibility index (Phi) is 9.42. The number of hydrogen-bond acceptors (Lipinski definition) is 8. The van der Waals surface area contributed by atoms with Gasteiger partial charge in [-0.05, 0) is 37.2 Å². The van der Waals surface area contributed by atoms with Crippen molar-refractivity contribution >= 4 is 29.6 Å². The first-order chi connectivity index (χ1) is 22.0. The van der Waals surface area contributed by atoms with Gasteiger partial charge in [-0.15, -0.1) is 0 Å². The molecule has 0 bridgehead atoms. The Hall–Kier alpha value is -4.78. The zero-order valence-electron chi connectivity index (χ0n) is 26.3. The van der Waals surface area contributed by atoms with E-state index in [1.165, 1.54) is 24.9 Å². The number of pyridine rings is 1. The fourth-order valence-corrected chi connectivity index (χ4v) is 6.15. The maximum atomic E-state index is 13.1. The Morgan fingerprint density at radius 1 is 1.07 bits per heavy atom. The van der Waals surface area contributed by atoms with E-state index in [1.807, 2.05) is 50.4 Å². The monoisotopic (exact) mass is 645 g/mol. The molecule has 3 heterocycles. The van der Waals surface area contributed by atoms with E-state index in [1.54, 1.807) is 19.2 Å². The Morgan fingerprint density at radius 3 is 2.46 bits per heavy atom. The predicted molar refractivity (Wildman–Crippen MR) is 177 cm³/mol. The molecule has 2 aromatic heterocycles. The molecule has 5 rings (SSSR count). The summed E-state index contributed by atoms with van der Waals surface area (Å²) < 4.78 is 7.76. The molecule has 0 aliphatic carbocycles. The summed E-state index contributed by atoms with van der Waals surface area (Å²) in [5.74, 6) is -0.127. The van der Waals surface area contributed by atoms with Crippen LogP contribution in [0.3, 0.4) is 0 Å². The molecule has 13 heteroatoms. The number of amides is 2. The van der Waals surface area contributed by atoms with Crippen LogP contribution in [-0.4, -0.2) is 70.7 Å². The molecule has 0 unspecified atom stereocenters. The van der Waals surface area contributed by atoms with Gasteiger partial charge in [0, 0.05) is 68.8 Å². The third kappa shape index (κ3) is 6.19. The normalized spacial score (nSPS) is 14.0. The van der Waals surface area contributed by atoms with Crippen LogP contribution in [0.4, 0.5) is 5.69 Å². The van der Waals surface area contributed by atoms with Gasteiger partial charge >= 0.3 is 5.69 Å². The van der Waals surface area contributed by atoms with E-state index in [2.05, 4.69) is 20.9 Å². The lowest BCUT2D eigenvalue weighted by molar-refractivity contribution is -0.110. The third-order valence-electron chi connectivity index (χ3n) is 8.47. The van der Waals surface area contributed by atoms with Crippen molar-refractivity contribution in [3.05, 3.63) is 97.3 Å². The van der Waals surface area contributed by atoms with Crippen LogP contribution >= 0.6 is 11.6 Å². The average molecular weight is 646 g/mol. The highest BCUT2D eigenvalue weighted by atomic mass is 35.5. The van der Waals surface area contributed by atoms with E-state index < -0.39 is 17.2 Å². The topological polar surface area (TPSA) is 140 Å². The number of likely N-dealkylation sites (N-methyl/N-ethyl adjacent to an activating group) is 1. The van der Waals surface area contributed by atoms with Crippen molar-refractivity contribution < 1.29 is 14.3 Å². The minimum absolute atomic E-state index is 0.150. The highest BCUT2D eigenvalue weighted by Crippen LogP contribution is 2.39. The SMILES string of the molecule is CNC1(CNC=O)CN(Cc2ccc(-c3cccc(-c4cccc(NC(=O)c5cn(C)c(=O)n(C)c5=O)c4C)c3Cl)nc2OC)C1. The first kappa shape index (κ1) is 32.6. The van der Waals surface area contributed by atoms with Gasteiger partial charge in [0.2, 0.25) is 12.3 Å². The Morgan fingerprint density at radius 2 is 1.76 bits per heavy atom. The van der Waals surface area contributed by atoms with Gasteiger partial charge in [0.25, 0.3) is 11.5 Å². The van der Waals surface area contributed by atoms with Gasteiger partial charge in [0.1, 0.15) is 5.56 Å². The van der Waals surface area contributed by atoms with E-state index in [9.17, 15) is 19.2 Å². The van der Waals surface area contributed by atoms with Crippen LogP contribution in [0.1, 0.15) is 21.5 Å². The first-order valence-corrected chi connectivity index (χ1v) is 15.0. The summed E-state index contributed by atoms with van der Waals surface area (Å²) in [6.45, 7) is 4.58. The summed E-state index contributed by atoms with van der Waals surface area (Å²) in [5.41, 5.74) is 3.55. The van der Waals surface area contributed by atoms with Crippen LogP contribution in [0.2, 0.25) is 5.02 Å². The molecular weight excluding hydrogens is 610 g/mol. The second kappa shape index (κ2) is 13.3. The number of hydrogen-bond donors (Lipinski definition) is 3. The molecule has 1 fully saturated rings. The number of carbonyl (C=O) groups is 2. The highest BCUT2D eigenvalue weighted by molar-refractivity contribution is 6.36. The lowest BCUT2D eigenvalue weighted by atomic mass is 9.89. The van der Waals surface area contributed by atoms with Crippen molar-refractivity contribution in [2.45, 2.75) is 19.0 Å². The molecule has 2 amide bonds. The maximum absolute atomic E-state index is 13.1. The molecule has 12 nitrogen and oxygen atoms in total. The van der Waals surface area contributed by atoms with Crippen molar-refractivity contribution in [3.63, 3.8) is 0 Å². The third-order valence-corrected chi connectivity index (χ3v) is 8.88. The molecule has 46 heavy (non-hydrogen) atoms. The number of halogens is 1. The van der Waals surface area contributed by atoms with Crippen LogP contribution < -0.4 is 31.9 Å². The Balaban J connectivity index is 1.40. The van der Waals surface area contributed by atoms with Gasteiger partial charge in [-0.2, -0.15) is 0 Å². The highest BCUT2D eigenvalue weighted by Gasteiger charge is 2.41. The van der Waals surface area contributed by atoms with Crippen LogP contribution in [0.5, 0.6) is 5.88 Å². The fourth-order valence-electron chi connectivity index (χ4n) is 5.83. The van der Waals surface area contributed by atoms with Gasteiger partial charge < -0.3 is 25.3 Å². The van der Waals surface area contributed by atoms with Crippen molar-refractivity contribution in [2.24, 2.45) is 14.1 Å². The summed E-state index contributed by atoms with van der Waals surface area (Å²) in [7, 11) is 6.29. The number of nitrogens with zero attached hydrogens (tertiary/aromatic N) is 4. The van der Waals surface area contributed by atoms with Crippen LogP contribution in [0.15, 0.2) is 64.3 Å². The van der Waals surface area contributed by atoms with E-state index >= 15 is 0 Å². The van der Waals surface area contributed by atoms with Gasteiger partial charge in [0.15, 0.2) is 0 Å². The predicted octanol–water partition coefficient (Wildman–Crippen LogP) is 2.56. The molecule has 1 saturated heterocycles. The molecular formula is C33H36ClN7O5. The second-order valence-corrected chi connectivity index (χ2v) is 11.8. The van der Waals surface area contributed by atoms with Crippen LogP contribution in [0, 0.1) is 6.92 Å². The number of carbonyl (C=O) groups excluding carboxylic acids is 2. The molecule has 0 atom stereocenters. The van der Waals surface area contributed by atoms with Crippen molar-refractivity contribution in [1.29, 1.82) is 0 Å². The zero-order chi connectivity index (χ0) is 33.2. The number of nitrogens with one attached hydrogen (secondary N) is 3. The lowest BCUT2D eigenvalue weighted by Crippen LogP contribution is -2.71. The maximum Gasteiger partial charge on any atom is 0.330 e. The molecule has 1 aliphatic rings. The number of likely N-dealkylation sites (tertiary alicyclic amines) is 1. The first-order valence-electron chi connectivity index (χ1n) is 14.6. The number of anilines is 1. The van der Waals surface area contributed by atoms with E-state index in [0.29, 0.717) is 47.3 Å². The summed E-state index contributed by atoms with van der Waals surface area (Å²) in [5, 5.41) is 9.37. The standard InChI is InChI=1S/C33H36ClN7O5/c1-20-22(8-7-11-26(20)37-29(43)25-15-39(3)32(45)40(4)31(25)44)23-9-6-10-24(28(23)34)27-13-12-21(30(38-27)46-5)14-41-17-33(18-41,35-2)16-36-19-42/h6-13,15,19,35H,14,16-18H2,1-5H3,(H,36,42)(H,37,43). The molecule has 2 aromatic carbocycles. The van der Waals surface area contributed by atoms with E-state index in [0.717, 1.165) is 39.9 Å². The fraction of sp³-hybridized carbons (Fsp3) is 0.303. The summed E-state index contributed by atoms with van der Waals surface area (Å²) in [6.07, 6.45) is 1.95. The summed E-state index contributed by atoms with van der Waals surface area (Å²) >= 11 is 7.02. The smallest absolute Gasteiger partial charge is 0.330 e. The summed E-state index contributed by atoms with van der Waals surface area (Å²) in [4.78, 5) is 55.6. The molecule has 1 aliphatic heterocycles. The van der Waals surface area contributed by atoms with E-state index in [-0.39, 0.29) is 11.1 Å². The molecule has 0 spiro atoms. The van der Waals surface area contributed by atoms with Gasteiger partial charge in [-0.25, -0.2) is 9.78 Å². The van der Waals surface area contributed by atoms with Gasteiger partial charge in [-0.1, -0.05) is 48.0 Å². The average Bonchev–Trinajstić information content (AvgIpc) is 3.04. The quantitative estimate of drug-likeness (QED) is 0.212. The number of aromatic nitrogens is 3. The number of benzene rings is 2. The number of ether oxygens (including phenoxy) is 1.